The van der Waals surface area contributed by atoms with E-state index in [9.17, 15) is 24.3 Å². The van der Waals surface area contributed by atoms with Crippen LogP contribution in [0.25, 0.3) is 0 Å². The number of hydrogen-bond acceptors (Lipinski definition) is 7. The zero-order valence-corrected chi connectivity index (χ0v) is 16.9. The molecule has 1 aliphatic heterocycles. The van der Waals surface area contributed by atoms with Crippen molar-refractivity contribution in [2.24, 2.45) is 0 Å². The topological polar surface area (TPSA) is 136 Å². The summed E-state index contributed by atoms with van der Waals surface area (Å²) in [4.78, 5) is 47.1. The number of phenolic OH excluding ortho intramolecular Hbond substituents is 1. The van der Waals surface area contributed by atoms with Crippen molar-refractivity contribution in [2.75, 3.05) is 12.3 Å². The van der Waals surface area contributed by atoms with Crippen LogP contribution in [0.4, 0.5) is 0 Å². The van der Waals surface area contributed by atoms with E-state index in [2.05, 4.69) is 10.7 Å². The average Bonchev–Trinajstić information content (AvgIpc) is 3.10. The third kappa shape index (κ3) is 7.39. The minimum atomic E-state index is -0.972. The summed E-state index contributed by atoms with van der Waals surface area (Å²) in [5.41, 5.74) is 3.37. The summed E-state index contributed by atoms with van der Waals surface area (Å²) in [6.45, 7) is 1.80. The second-order valence-electron chi connectivity index (χ2n) is 6.77. The number of phenols is 1. The van der Waals surface area contributed by atoms with Crippen LogP contribution in [0.5, 0.6) is 5.75 Å². The van der Waals surface area contributed by atoms with Crippen molar-refractivity contribution in [3.8, 4) is 5.75 Å². The number of nitrogens with one attached hydrogen (secondary N) is 2. The van der Waals surface area contributed by atoms with Crippen molar-refractivity contribution in [3.63, 3.8) is 0 Å². The first-order chi connectivity index (χ1) is 13.8. The van der Waals surface area contributed by atoms with Gasteiger partial charge in [0.05, 0.1) is 0 Å². The molecule has 1 heterocycles. The summed E-state index contributed by atoms with van der Waals surface area (Å²) in [6.07, 6.45) is 1.50. The Morgan fingerprint density at radius 3 is 2.55 bits per heavy atom. The maximum absolute atomic E-state index is 12.5. The zero-order chi connectivity index (χ0) is 21.4. The molecular formula is C19H25N3O6S. The standard InChI is InChI=1S/C19H25N3O6S/c1-12(23)20-15(11-13-4-6-14(24)7-5-13)19(28)29-10-8-17(25)21-22-9-2-3-16(22)18(26)27/h4-7,15-16,24H,2-3,8-11H2,1H3,(H,20,23)(H,21,25)(H,26,27)/t15-,16-/m0/s1. The van der Waals surface area contributed by atoms with Gasteiger partial charge < -0.3 is 15.5 Å². The van der Waals surface area contributed by atoms with E-state index in [1.165, 1.54) is 24.1 Å². The fourth-order valence-corrected chi connectivity index (χ4v) is 3.86. The molecule has 1 aliphatic rings. The summed E-state index contributed by atoms with van der Waals surface area (Å²) < 4.78 is 0. The van der Waals surface area contributed by atoms with Crippen LogP contribution in [0.15, 0.2) is 24.3 Å². The Balaban J connectivity index is 1.82. The molecule has 1 aromatic carbocycles. The Morgan fingerprint density at radius 2 is 1.93 bits per heavy atom. The molecule has 0 aromatic heterocycles. The number of aromatic hydroxyl groups is 1. The SMILES string of the molecule is CC(=O)N[C@@H](Cc1ccc(O)cc1)C(=O)SCCC(=O)NN1CCC[C@H]1C(=O)O. The molecule has 2 atom stereocenters. The van der Waals surface area contributed by atoms with E-state index >= 15 is 0 Å². The summed E-state index contributed by atoms with van der Waals surface area (Å²) in [7, 11) is 0. The number of hydrogen-bond donors (Lipinski definition) is 4. The largest absolute Gasteiger partial charge is 0.508 e. The molecule has 0 aliphatic carbocycles. The van der Waals surface area contributed by atoms with Gasteiger partial charge in [-0.1, -0.05) is 23.9 Å². The lowest BCUT2D eigenvalue weighted by Crippen LogP contribution is -2.48. The first-order valence-corrected chi connectivity index (χ1v) is 10.3. The molecule has 9 nitrogen and oxygen atoms in total. The fraction of sp³-hybridized carbons (Fsp3) is 0.474. The Morgan fingerprint density at radius 1 is 1.24 bits per heavy atom. The molecule has 2 rings (SSSR count). The molecule has 10 heteroatoms. The normalized spacial score (nSPS) is 17.5. The van der Waals surface area contributed by atoms with Crippen LogP contribution in [0, 0.1) is 0 Å². The number of carbonyl (C=O) groups excluding carboxylic acids is 3. The van der Waals surface area contributed by atoms with Gasteiger partial charge in [-0.3, -0.25) is 24.6 Å². The van der Waals surface area contributed by atoms with Crippen LogP contribution in [-0.4, -0.2) is 62.5 Å². The zero-order valence-electron chi connectivity index (χ0n) is 16.1. The van der Waals surface area contributed by atoms with Crippen LogP contribution < -0.4 is 10.7 Å². The number of rotatable bonds is 9. The molecule has 0 saturated carbocycles. The average molecular weight is 423 g/mol. The molecule has 1 aromatic rings. The van der Waals surface area contributed by atoms with E-state index in [4.69, 9.17) is 5.11 Å². The Labute approximate surface area is 172 Å². The summed E-state index contributed by atoms with van der Waals surface area (Å²) in [5.74, 6) is -1.34. The van der Waals surface area contributed by atoms with Crippen molar-refractivity contribution in [2.45, 2.75) is 44.7 Å². The molecule has 0 radical (unpaired) electrons. The lowest BCUT2D eigenvalue weighted by Gasteiger charge is -2.21. The van der Waals surface area contributed by atoms with Crippen LogP contribution >= 0.6 is 11.8 Å². The Bertz CT molecular complexity index is 755. The number of carboxylic acids is 1. The van der Waals surface area contributed by atoms with E-state index in [0.717, 1.165) is 17.3 Å². The summed E-state index contributed by atoms with van der Waals surface area (Å²) in [6, 6.07) is 4.88. The molecule has 2 amide bonds. The predicted molar refractivity (Wildman–Crippen MR) is 107 cm³/mol. The number of hydrazine groups is 1. The molecule has 0 bridgehead atoms. The molecule has 0 unspecified atom stereocenters. The highest BCUT2D eigenvalue weighted by atomic mass is 32.2. The monoisotopic (exact) mass is 423 g/mol. The highest BCUT2D eigenvalue weighted by Crippen LogP contribution is 2.17. The summed E-state index contributed by atoms with van der Waals surface area (Å²) >= 11 is 0.944. The first-order valence-electron chi connectivity index (χ1n) is 9.27. The molecule has 158 valence electrons. The highest BCUT2D eigenvalue weighted by Gasteiger charge is 2.31. The van der Waals surface area contributed by atoms with Gasteiger partial charge in [0.25, 0.3) is 0 Å². The van der Waals surface area contributed by atoms with Crippen molar-refractivity contribution >= 4 is 34.7 Å². The van der Waals surface area contributed by atoms with Gasteiger partial charge >= 0.3 is 5.97 Å². The smallest absolute Gasteiger partial charge is 0.322 e. The number of aliphatic carboxylic acids is 1. The lowest BCUT2D eigenvalue weighted by atomic mass is 10.1. The third-order valence-corrected chi connectivity index (χ3v) is 5.40. The van der Waals surface area contributed by atoms with Crippen molar-refractivity contribution in [1.82, 2.24) is 15.8 Å². The van der Waals surface area contributed by atoms with Gasteiger partial charge in [0.1, 0.15) is 17.8 Å². The maximum Gasteiger partial charge on any atom is 0.322 e. The maximum atomic E-state index is 12.5. The van der Waals surface area contributed by atoms with Gasteiger partial charge in [0.2, 0.25) is 16.9 Å². The van der Waals surface area contributed by atoms with E-state index < -0.39 is 18.1 Å². The number of amides is 2. The van der Waals surface area contributed by atoms with Gasteiger partial charge in [-0.25, -0.2) is 5.01 Å². The fourth-order valence-electron chi connectivity index (χ4n) is 3.02. The third-order valence-electron chi connectivity index (χ3n) is 4.42. The quantitative estimate of drug-likeness (QED) is 0.455. The highest BCUT2D eigenvalue weighted by molar-refractivity contribution is 8.13. The molecule has 1 fully saturated rings. The molecular weight excluding hydrogens is 398 g/mol. The van der Waals surface area contributed by atoms with Gasteiger partial charge in [0.15, 0.2) is 0 Å². The Kier molecular flexibility index (Phi) is 8.47. The minimum absolute atomic E-state index is 0.0469. The molecule has 0 spiro atoms. The van der Waals surface area contributed by atoms with Gasteiger partial charge in [-0.15, -0.1) is 0 Å². The van der Waals surface area contributed by atoms with E-state index in [0.29, 0.717) is 19.4 Å². The second-order valence-corrected chi connectivity index (χ2v) is 7.87. The second kappa shape index (κ2) is 10.8. The lowest BCUT2D eigenvalue weighted by molar-refractivity contribution is -0.144. The molecule has 4 N–H and O–H groups in total. The number of benzene rings is 1. The summed E-state index contributed by atoms with van der Waals surface area (Å²) in [5, 5.41) is 22.2. The van der Waals surface area contributed by atoms with E-state index in [-0.39, 0.29) is 41.3 Å². The van der Waals surface area contributed by atoms with E-state index in [1.807, 2.05) is 0 Å². The van der Waals surface area contributed by atoms with Crippen molar-refractivity contribution in [1.29, 1.82) is 0 Å². The molecule has 29 heavy (non-hydrogen) atoms. The van der Waals surface area contributed by atoms with Crippen molar-refractivity contribution < 1.29 is 29.4 Å². The molecule has 1 saturated heterocycles. The van der Waals surface area contributed by atoms with Gasteiger partial charge in [0, 0.05) is 32.1 Å². The van der Waals surface area contributed by atoms with Crippen LogP contribution in [0.1, 0.15) is 31.7 Å². The number of carbonyl (C=O) groups is 4. The predicted octanol–water partition coefficient (Wildman–Crippen LogP) is 0.670. The first kappa shape index (κ1) is 22.7. The number of thioether (sulfide) groups is 1. The van der Waals surface area contributed by atoms with Crippen LogP contribution in [0.2, 0.25) is 0 Å². The van der Waals surface area contributed by atoms with Gasteiger partial charge in [-0.2, -0.15) is 0 Å². The van der Waals surface area contributed by atoms with Crippen LogP contribution in [0.3, 0.4) is 0 Å². The van der Waals surface area contributed by atoms with Gasteiger partial charge in [-0.05, 0) is 30.5 Å². The van der Waals surface area contributed by atoms with Crippen LogP contribution in [-0.2, 0) is 25.6 Å². The number of carboxylic acid groups (broad SMARTS) is 1. The minimum Gasteiger partial charge on any atom is -0.508 e. The van der Waals surface area contributed by atoms with E-state index in [1.54, 1.807) is 12.1 Å². The van der Waals surface area contributed by atoms with Crippen molar-refractivity contribution in [3.05, 3.63) is 29.8 Å². The number of nitrogens with zero attached hydrogens (tertiary/aromatic N) is 1. The Hall–Kier alpha value is -2.59.